The van der Waals surface area contributed by atoms with E-state index in [-0.39, 0.29) is 11.8 Å². The van der Waals surface area contributed by atoms with Crippen molar-refractivity contribution in [1.82, 2.24) is 14.5 Å². The molecule has 7 nitrogen and oxygen atoms in total. The topological polar surface area (TPSA) is 69.5 Å². The standard InChI is InChI=1S/C30H30N4O3S/c1-36-25-14-15-26(37-2)29-28(25)32-30(38-29)34(18-9-17-33-19-16-31-21-33)27(35)20-24(22-10-5-3-6-11-22)23-12-7-4-8-13-23/h3-8,10-16,19,21,24H,9,17-18,20H2,1-2H3. The summed E-state index contributed by atoms with van der Waals surface area (Å²) in [5.41, 5.74) is 2.91. The molecule has 0 atom stereocenters. The van der Waals surface area contributed by atoms with Crippen LogP contribution in [0.25, 0.3) is 10.2 Å². The highest BCUT2D eigenvalue weighted by Gasteiger charge is 2.26. The lowest BCUT2D eigenvalue weighted by molar-refractivity contribution is -0.118. The summed E-state index contributed by atoms with van der Waals surface area (Å²) in [7, 11) is 3.26. The number of amides is 1. The second-order valence-electron chi connectivity index (χ2n) is 8.92. The van der Waals surface area contributed by atoms with Crippen molar-refractivity contribution in [3.8, 4) is 11.5 Å². The fourth-order valence-electron chi connectivity index (χ4n) is 4.63. The van der Waals surface area contributed by atoms with E-state index in [0.717, 1.165) is 28.8 Å². The SMILES string of the molecule is COc1ccc(OC)c2sc(N(CCCn3ccnc3)C(=O)CC(c3ccccc3)c3ccccc3)nc12. The van der Waals surface area contributed by atoms with Crippen molar-refractivity contribution in [1.29, 1.82) is 0 Å². The van der Waals surface area contributed by atoms with E-state index in [4.69, 9.17) is 14.5 Å². The fourth-order valence-corrected chi connectivity index (χ4v) is 5.75. The highest BCUT2D eigenvalue weighted by atomic mass is 32.1. The van der Waals surface area contributed by atoms with Crippen molar-refractivity contribution in [2.45, 2.75) is 25.3 Å². The molecule has 8 heteroatoms. The zero-order valence-electron chi connectivity index (χ0n) is 21.5. The molecule has 0 fully saturated rings. The molecule has 0 radical (unpaired) electrons. The molecule has 5 rings (SSSR count). The van der Waals surface area contributed by atoms with E-state index in [1.165, 1.54) is 11.3 Å². The Hall–Kier alpha value is -4.17. The lowest BCUT2D eigenvalue weighted by Crippen LogP contribution is -2.33. The normalized spacial score (nSPS) is 11.1. The van der Waals surface area contributed by atoms with Crippen LogP contribution >= 0.6 is 11.3 Å². The molecule has 0 aliphatic rings. The molecule has 1 amide bonds. The van der Waals surface area contributed by atoms with Crippen LogP contribution in [0.15, 0.2) is 91.5 Å². The monoisotopic (exact) mass is 526 g/mol. The summed E-state index contributed by atoms with van der Waals surface area (Å²) in [4.78, 5) is 24.9. The number of hydrogen-bond donors (Lipinski definition) is 0. The minimum absolute atomic E-state index is 0.0188. The second-order valence-corrected chi connectivity index (χ2v) is 9.90. The molecule has 0 spiro atoms. The molecule has 5 aromatic rings. The summed E-state index contributed by atoms with van der Waals surface area (Å²) in [5.74, 6) is 1.31. The van der Waals surface area contributed by atoms with Crippen LogP contribution in [0, 0.1) is 0 Å². The van der Waals surface area contributed by atoms with Crippen LogP contribution in [-0.4, -0.2) is 41.2 Å². The maximum absolute atomic E-state index is 14.1. The van der Waals surface area contributed by atoms with Gasteiger partial charge in [-0.3, -0.25) is 9.69 Å². The Kier molecular flexibility index (Phi) is 7.99. The van der Waals surface area contributed by atoms with Gasteiger partial charge < -0.3 is 14.0 Å². The molecule has 194 valence electrons. The first-order chi connectivity index (χ1) is 18.7. The minimum Gasteiger partial charge on any atom is -0.495 e. The number of carbonyl (C=O) groups excluding carboxylic acids is 1. The van der Waals surface area contributed by atoms with Crippen molar-refractivity contribution in [2.24, 2.45) is 0 Å². The van der Waals surface area contributed by atoms with Crippen molar-refractivity contribution < 1.29 is 14.3 Å². The molecule has 0 saturated carbocycles. The smallest absolute Gasteiger partial charge is 0.229 e. The third-order valence-corrected chi connectivity index (χ3v) is 7.66. The molecular formula is C30H30N4O3S. The molecule has 2 heterocycles. The predicted octanol–water partition coefficient (Wildman–Crippen LogP) is 6.16. The number of aromatic nitrogens is 3. The quantitative estimate of drug-likeness (QED) is 0.206. The summed E-state index contributed by atoms with van der Waals surface area (Å²) in [5, 5.41) is 0.637. The summed E-state index contributed by atoms with van der Waals surface area (Å²) in [6, 6.07) is 24.1. The molecule has 0 N–H and O–H groups in total. The third kappa shape index (κ3) is 5.55. The van der Waals surface area contributed by atoms with Gasteiger partial charge in [0.1, 0.15) is 21.7 Å². The molecule has 0 unspecified atom stereocenters. The van der Waals surface area contributed by atoms with Crippen LogP contribution in [0.4, 0.5) is 5.13 Å². The molecule has 0 saturated heterocycles. The molecular weight excluding hydrogens is 496 g/mol. The Labute approximate surface area is 226 Å². The zero-order valence-corrected chi connectivity index (χ0v) is 22.3. The van der Waals surface area contributed by atoms with Crippen molar-refractivity contribution in [2.75, 3.05) is 25.7 Å². The first kappa shape index (κ1) is 25.5. The van der Waals surface area contributed by atoms with Gasteiger partial charge in [-0.05, 0) is 29.7 Å². The number of hydrogen-bond acceptors (Lipinski definition) is 6. The average molecular weight is 527 g/mol. The summed E-state index contributed by atoms with van der Waals surface area (Å²) >= 11 is 1.45. The van der Waals surface area contributed by atoms with E-state index in [1.807, 2.05) is 64.2 Å². The lowest BCUT2D eigenvalue weighted by atomic mass is 9.88. The van der Waals surface area contributed by atoms with Gasteiger partial charge in [0, 0.05) is 37.8 Å². The summed E-state index contributed by atoms with van der Waals surface area (Å²) in [6.07, 6.45) is 6.57. The number of nitrogens with zero attached hydrogens (tertiary/aromatic N) is 4. The van der Waals surface area contributed by atoms with Gasteiger partial charge in [0.15, 0.2) is 5.13 Å². The zero-order chi connectivity index (χ0) is 26.3. The van der Waals surface area contributed by atoms with Crippen molar-refractivity contribution in [3.63, 3.8) is 0 Å². The molecule has 2 aromatic heterocycles. The van der Waals surface area contributed by atoms with Crippen LogP contribution < -0.4 is 14.4 Å². The molecule has 0 aliphatic heterocycles. The van der Waals surface area contributed by atoms with Crippen molar-refractivity contribution >= 4 is 32.6 Å². The maximum Gasteiger partial charge on any atom is 0.229 e. The lowest BCUT2D eigenvalue weighted by Gasteiger charge is -2.24. The Morgan fingerprint density at radius 3 is 2.21 bits per heavy atom. The Morgan fingerprint density at radius 2 is 1.61 bits per heavy atom. The highest BCUT2D eigenvalue weighted by Crippen LogP contribution is 2.41. The Bertz CT molecular complexity index is 1390. The minimum atomic E-state index is -0.0699. The van der Waals surface area contributed by atoms with E-state index >= 15 is 0 Å². The number of benzene rings is 3. The van der Waals surface area contributed by atoms with Crippen LogP contribution in [0.2, 0.25) is 0 Å². The first-order valence-electron chi connectivity index (χ1n) is 12.6. The molecule has 38 heavy (non-hydrogen) atoms. The highest BCUT2D eigenvalue weighted by molar-refractivity contribution is 7.22. The van der Waals surface area contributed by atoms with Gasteiger partial charge in [-0.1, -0.05) is 72.0 Å². The number of fused-ring (bicyclic) bond motifs is 1. The van der Waals surface area contributed by atoms with Crippen LogP contribution in [-0.2, 0) is 11.3 Å². The number of rotatable bonds is 11. The van der Waals surface area contributed by atoms with Gasteiger partial charge in [-0.25, -0.2) is 9.97 Å². The van der Waals surface area contributed by atoms with Crippen molar-refractivity contribution in [3.05, 3.63) is 103 Å². The van der Waals surface area contributed by atoms with E-state index in [0.29, 0.717) is 35.1 Å². The first-order valence-corrected chi connectivity index (χ1v) is 13.4. The number of carbonyl (C=O) groups is 1. The van der Waals surface area contributed by atoms with Crippen LogP contribution in [0.5, 0.6) is 11.5 Å². The Balaban J connectivity index is 1.49. The largest absolute Gasteiger partial charge is 0.495 e. The number of ether oxygens (including phenoxy) is 2. The van der Waals surface area contributed by atoms with Gasteiger partial charge >= 0.3 is 0 Å². The van der Waals surface area contributed by atoms with Gasteiger partial charge in [-0.2, -0.15) is 0 Å². The van der Waals surface area contributed by atoms with Gasteiger partial charge in [0.2, 0.25) is 5.91 Å². The molecule has 3 aromatic carbocycles. The van der Waals surface area contributed by atoms with E-state index in [2.05, 4.69) is 29.2 Å². The van der Waals surface area contributed by atoms with Crippen LogP contribution in [0.3, 0.4) is 0 Å². The second kappa shape index (κ2) is 11.9. The van der Waals surface area contributed by atoms with Crippen LogP contribution in [0.1, 0.15) is 29.9 Å². The Morgan fingerprint density at radius 1 is 0.947 bits per heavy atom. The number of methoxy groups -OCH3 is 2. The van der Waals surface area contributed by atoms with Gasteiger partial charge in [0.05, 0.1) is 20.5 Å². The molecule has 0 aliphatic carbocycles. The third-order valence-electron chi connectivity index (χ3n) is 6.57. The van der Waals surface area contributed by atoms with Gasteiger partial charge in [0.25, 0.3) is 0 Å². The van der Waals surface area contributed by atoms with E-state index < -0.39 is 0 Å². The maximum atomic E-state index is 14.1. The molecule has 0 bridgehead atoms. The fraction of sp³-hybridized carbons (Fsp3) is 0.233. The number of imidazole rings is 1. The van der Waals surface area contributed by atoms with Gasteiger partial charge in [-0.15, -0.1) is 0 Å². The average Bonchev–Trinajstić information content (AvgIpc) is 3.65. The number of thiazole rings is 1. The predicted molar refractivity (Wildman–Crippen MR) is 151 cm³/mol. The number of anilines is 1. The number of aryl methyl sites for hydroxylation is 1. The van der Waals surface area contributed by atoms with E-state index in [9.17, 15) is 4.79 Å². The summed E-state index contributed by atoms with van der Waals surface area (Å²) < 4.78 is 14.0. The van der Waals surface area contributed by atoms with E-state index in [1.54, 1.807) is 26.7 Å². The summed E-state index contributed by atoms with van der Waals surface area (Å²) in [6.45, 7) is 1.28.